The Morgan fingerprint density at radius 2 is 1.74 bits per heavy atom. The van der Waals surface area contributed by atoms with Crippen molar-refractivity contribution in [2.45, 2.75) is 20.1 Å². The molecule has 0 saturated carbocycles. The lowest BCUT2D eigenvalue weighted by atomic mass is 10.1. The molecule has 0 aliphatic heterocycles. The van der Waals surface area contributed by atoms with Gasteiger partial charge in [0.05, 0.1) is 4.92 Å². The van der Waals surface area contributed by atoms with Crippen LogP contribution in [0.4, 0.5) is 11.4 Å². The van der Waals surface area contributed by atoms with Crippen molar-refractivity contribution in [2.75, 3.05) is 5.32 Å². The van der Waals surface area contributed by atoms with Crippen molar-refractivity contribution in [3.05, 3.63) is 98.0 Å². The number of benzene rings is 3. The number of hydrogen-bond donors (Lipinski definition) is 1. The minimum absolute atomic E-state index is 0.0742. The molecule has 0 radical (unpaired) electrons. The number of halogens is 1. The number of rotatable bonds is 7. The molecule has 0 bridgehead atoms. The van der Waals surface area contributed by atoms with Gasteiger partial charge in [0.25, 0.3) is 5.69 Å². The molecule has 3 aromatic rings. The van der Waals surface area contributed by atoms with E-state index in [-0.39, 0.29) is 5.69 Å². The van der Waals surface area contributed by atoms with Crippen molar-refractivity contribution >= 4 is 27.3 Å². The molecule has 3 aromatic carbocycles. The first kappa shape index (κ1) is 18.9. The van der Waals surface area contributed by atoms with Crippen molar-refractivity contribution in [3.8, 4) is 5.75 Å². The van der Waals surface area contributed by atoms with Crippen LogP contribution < -0.4 is 10.1 Å². The van der Waals surface area contributed by atoms with Crippen LogP contribution in [0.1, 0.15) is 16.7 Å². The molecule has 0 aliphatic rings. The van der Waals surface area contributed by atoms with Crippen LogP contribution in [0.5, 0.6) is 5.75 Å². The molecule has 0 amide bonds. The molecule has 0 aliphatic carbocycles. The summed E-state index contributed by atoms with van der Waals surface area (Å²) in [4.78, 5) is 10.3. The maximum absolute atomic E-state index is 10.7. The van der Waals surface area contributed by atoms with E-state index in [2.05, 4.69) is 52.4 Å². The van der Waals surface area contributed by atoms with Gasteiger partial charge in [-0.25, -0.2) is 0 Å². The van der Waals surface area contributed by atoms with Crippen LogP contribution in [0, 0.1) is 17.0 Å². The Morgan fingerprint density at radius 1 is 1.04 bits per heavy atom. The van der Waals surface area contributed by atoms with Gasteiger partial charge in [-0.3, -0.25) is 10.1 Å². The second-order valence-electron chi connectivity index (χ2n) is 6.18. The van der Waals surface area contributed by atoms with Gasteiger partial charge in [0.15, 0.2) is 0 Å². The highest BCUT2D eigenvalue weighted by Crippen LogP contribution is 2.26. The minimum atomic E-state index is -0.408. The summed E-state index contributed by atoms with van der Waals surface area (Å²) in [7, 11) is 0. The lowest BCUT2D eigenvalue weighted by molar-refractivity contribution is -0.384. The number of hydrogen-bond acceptors (Lipinski definition) is 4. The molecule has 0 aromatic heterocycles. The molecule has 0 heterocycles. The topological polar surface area (TPSA) is 64.4 Å². The summed E-state index contributed by atoms with van der Waals surface area (Å²) in [6.45, 7) is 3.09. The molecule has 3 rings (SSSR count). The third-order valence-corrected chi connectivity index (χ3v) is 4.59. The molecule has 0 atom stereocenters. The number of nitro groups is 1. The van der Waals surface area contributed by atoms with Gasteiger partial charge >= 0.3 is 0 Å². The zero-order valence-corrected chi connectivity index (χ0v) is 16.4. The van der Waals surface area contributed by atoms with Gasteiger partial charge in [-0.15, -0.1) is 0 Å². The van der Waals surface area contributed by atoms with Crippen LogP contribution in [-0.4, -0.2) is 4.92 Å². The molecule has 0 unspecified atom stereocenters. The van der Waals surface area contributed by atoms with E-state index in [0.29, 0.717) is 13.2 Å². The van der Waals surface area contributed by atoms with Crippen molar-refractivity contribution in [1.82, 2.24) is 0 Å². The van der Waals surface area contributed by atoms with Crippen LogP contribution in [0.25, 0.3) is 0 Å². The number of anilines is 1. The van der Waals surface area contributed by atoms with E-state index in [0.717, 1.165) is 27.0 Å². The normalized spacial score (nSPS) is 10.4. The number of nitrogens with one attached hydrogen (secondary N) is 1. The molecule has 138 valence electrons. The first-order valence-corrected chi connectivity index (χ1v) is 9.25. The third-order valence-electron chi connectivity index (χ3n) is 4.10. The van der Waals surface area contributed by atoms with E-state index < -0.39 is 4.92 Å². The maximum Gasteiger partial charge on any atom is 0.269 e. The van der Waals surface area contributed by atoms with E-state index in [4.69, 9.17) is 4.74 Å². The first-order chi connectivity index (χ1) is 13.0. The standard InChI is InChI=1S/C21H19BrN2O3/c1-15-2-4-16(5-3-15)14-27-21-11-6-18(22)12-17(21)13-23-19-7-9-20(10-8-19)24(25)26/h2-12,23H,13-14H2,1H3. The van der Waals surface area contributed by atoms with Crippen LogP contribution in [0.3, 0.4) is 0 Å². The molecule has 0 saturated heterocycles. The summed E-state index contributed by atoms with van der Waals surface area (Å²) in [6.07, 6.45) is 0. The molecule has 1 N–H and O–H groups in total. The lowest BCUT2D eigenvalue weighted by Gasteiger charge is -2.14. The van der Waals surface area contributed by atoms with Gasteiger partial charge in [-0.1, -0.05) is 45.8 Å². The van der Waals surface area contributed by atoms with E-state index in [1.165, 1.54) is 17.7 Å². The van der Waals surface area contributed by atoms with E-state index in [1.807, 2.05) is 18.2 Å². The zero-order chi connectivity index (χ0) is 19.2. The Labute approximate surface area is 166 Å². The molecule has 5 nitrogen and oxygen atoms in total. The first-order valence-electron chi connectivity index (χ1n) is 8.46. The zero-order valence-electron chi connectivity index (χ0n) is 14.8. The number of aryl methyl sites for hydroxylation is 1. The predicted octanol–water partition coefficient (Wildman–Crippen LogP) is 5.86. The Morgan fingerprint density at radius 3 is 2.41 bits per heavy atom. The number of ether oxygens (including phenoxy) is 1. The Hall–Kier alpha value is -2.86. The Balaban J connectivity index is 1.68. The predicted molar refractivity (Wildman–Crippen MR) is 110 cm³/mol. The average Bonchev–Trinajstić information content (AvgIpc) is 2.67. The van der Waals surface area contributed by atoms with Gasteiger partial charge in [0.1, 0.15) is 12.4 Å². The quantitative estimate of drug-likeness (QED) is 0.379. The average molecular weight is 427 g/mol. The van der Waals surface area contributed by atoms with Gasteiger partial charge in [-0.2, -0.15) is 0 Å². The van der Waals surface area contributed by atoms with Crippen molar-refractivity contribution in [1.29, 1.82) is 0 Å². The van der Waals surface area contributed by atoms with E-state index in [1.54, 1.807) is 12.1 Å². The van der Waals surface area contributed by atoms with Gasteiger partial charge < -0.3 is 10.1 Å². The molecular formula is C21H19BrN2O3. The summed E-state index contributed by atoms with van der Waals surface area (Å²) in [5, 5.41) is 14.0. The van der Waals surface area contributed by atoms with Crippen molar-refractivity contribution in [3.63, 3.8) is 0 Å². The molecule has 0 fully saturated rings. The Kier molecular flexibility index (Phi) is 6.08. The van der Waals surface area contributed by atoms with Crippen LogP contribution in [-0.2, 0) is 13.2 Å². The lowest BCUT2D eigenvalue weighted by Crippen LogP contribution is -2.04. The number of nitrogens with zero attached hydrogens (tertiary/aromatic N) is 1. The highest BCUT2D eigenvalue weighted by molar-refractivity contribution is 9.10. The highest BCUT2D eigenvalue weighted by Gasteiger charge is 2.07. The number of nitro benzene ring substituents is 1. The SMILES string of the molecule is Cc1ccc(COc2ccc(Br)cc2CNc2ccc([N+](=O)[O-])cc2)cc1. The monoisotopic (exact) mass is 426 g/mol. The summed E-state index contributed by atoms with van der Waals surface area (Å²) >= 11 is 3.49. The smallest absolute Gasteiger partial charge is 0.269 e. The van der Waals surface area contributed by atoms with Crippen LogP contribution in [0.2, 0.25) is 0 Å². The molecule has 27 heavy (non-hydrogen) atoms. The summed E-state index contributed by atoms with van der Waals surface area (Å²) in [5.41, 5.74) is 4.21. The van der Waals surface area contributed by atoms with E-state index in [9.17, 15) is 10.1 Å². The third kappa shape index (κ3) is 5.31. The highest BCUT2D eigenvalue weighted by atomic mass is 79.9. The fraction of sp³-hybridized carbons (Fsp3) is 0.143. The number of non-ortho nitro benzene ring substituents is 1. The summed E-state index contributed by atoms with van der Waals surface area (Å²) < 4.78 is 6.97. The summed E-state index contributed by atoms with van der Waals surface area (Å²) in [5.74, 6) is 0.799. The van der Waals surface area contributed by atoms with Gasteiger partial charge in [-0.05, 0) is 42.8 Å². The Bertz CT molecular complexity index is 925. The van der Waals surface area contributed by atoms with Crippen molar-refractivity contribution < 1.29 is 9.66 Å². The molecule has 0 spiro atoms. The van der Waals surface area contributed by atoms with Crippen LogP contribution in [0.15, 0.2) is 71.2 Å². The van der Waals surface area contributed by atoms with Gasteiger partial charge in [0, 0.05) is 34.4 Å². The van der Waals surface area contributed by atoms with E-state index >= 15 is 0 Å². The largest absolute Gasteiger partial charge is 0.489 e. The second kappa shape index (κ2) is 8.68. The fourth-order valence-corrected chi connectivity index (χ4v) is 2.98. The van der Waals surface area contributed by atoms with Crippen molar-refractivity contribution in [2.24, 2.45) is 0 Å². The molecular weight excluding hydrogens is 408 g/mol. The molecule has 6 heteroatoms. The summed E-state index contributed by atoms with van der Waals surface area (Å²) in [6, 6.07) is 20.5. The minimum Gasteiger partial charge on any atom is -0.489 e. The van der Waals surface area contributed by atoms with Crippen LogP contribution >= 0.6 is 15.9 Å². The second-order valence-corrected chi connectivity index (χ2v) is 7.10. The maximum atomic E-state index is 10.7. The fourth-order valence-electron chi connectivity index (χ4n) is 2.57. The van der Waals surface area contributed by atoms with Gasteiger partial charge in [0.2, 0.25) is 0 Å².